The third kappa shape index (κ3) is 4.92. The first-order valence-electron chi connectivity index (χ1n) is 12.1. The maximum Gasteiger partial charge on any atom is 0.261 e. The minimum absolute atomic E-state index is 0.0836. The molecule has 0 bridgehead atoms. The SMILES string of the molecule is COc1c(OCCCN2CCOCC2)ccc2c1N=C(NC(=O)c1cnc(N)nc1)N1CCN(C)C21. The summed E-state index contributed by atoms with van der Waals surface area (Å²) >= 11 is 0. The minimum Gasteiger partial charge on any atom is -0.491 e. The number of hydrogen-bond acceptors (Lipinski definition) is 11. The monoisotopic (exact) mass is 496 g/mol. The van der Waals surface area contributed by atoms with Gasteiger partial charge in [-0.15, -0.1) is 0 Å². The van der Waals surface area contributed by atoms with Gasteiger partial charge >= 0.3 is 0 Å². The number of anilines is 1. The van der Waals surface area contributed by atoms with Gasteiger partial charge in [0, 0.05) is 50.7 Å². The van der Waals surface area contributed by atoms with Crippen molar-refractivity contribution in [3.05, 3.63) is 35.7 Å². The predicted octanol–water partition coefficient (Wildman–Crippen LogP) is 0.846. The van der Waals surface area contributed by atoms with Gasteiger partial charge in [0.15, 0.2) is 11.5 Å². The summed E-state index contributed by atoms with van der Waals surface area (Å²) in [7, 11) is 3.66. The van der Waals surface area contributed by atoms with Crippen molar-refractivity contribution in [3.63, 3.8) is 0 Å². The van der Waals surface area contributed by atoms with Crippen LogP contribution in [-0.4, -0.2) is 103 Å². The molecule has 0 spiro atoms. The number of aromatic nitrogens is 2. The number of fused-ring (bicyclic) bond motifs is 3. The first-order chi connectivity index (χ1) is 17.5. The number of nitrogens with two attached hydrogens (primary N) is 1. The Morgan fingerprint density at radius 3 is 2.72 bits per heavy atom. The Labute approximate surface area is 210 Å². The normalized spacial score (nSPS) is 19.9. The molecule has 1 amide bonds. The second-order valence-electron chi connectivity index (χ2n) is 8.96. The van der Waals surface area contributed by atoms with Crippen LogP contribution in [0.25, 0.3) is 0 Å². The minimum atomic E-state index is -0.361. The molecule has 36 heavy (non-hydrogen) atoms. The molecule has 4 heterocycles. The molecule has 5 rings (SSSR count). The van der Waals surface area contributed by atoms with E-state index < -0.39 is 0 Å². The number of nitrogens with one attached hydrogen (secondary N) is 1. The van der Waals surface area contributed by atoms with E-state index >= 15 is 0 Å². The second kappa shape index (κ2) is 10.6. The smallest absolute Gasteiger partial charge is 0.261 e. The van der Waals surface area contributed by atoms with Crippen LogP contribution in [0.1, 0.15) is 28.5 Å². The lowest BCUT2D eigenvalue weighted by molar-refractivity contribution is 0.0357. The van der Waals surface area contributed by atoms with Gasteiger partial charge < -0.3 is 24.8 Å². The van der Waals surface area contributed by atoms with E-state index in [1.165, 1.54) is 12.4 Å². The van der Waals surface area contributed by atoms with Crippen LogP contribution in [0.3, 0.4) is 0 Å². The summed E-state index contributed by atoms with van der Waals surface area (Å²) in [6, 6.07) is 3.98. The van der Waals surface area contributed by atoms with E-state index in [0.717, 1.165) is 57.9 Å². The summed E-state index contributed by atoms with van der Waals surface area (Å²) in [6.07, 6.45) is 3.60. The molecular formula is C24H32N8O4. The van der Waals surface area contributed by atoms with Crippen LogP contribution in [0.5, 0.6) is 11.5 Å². The number of aliphatic imine (C=N–C) groups is 1. The number of carbonyl (C=O) groups is 1. The first-order valence-corrected chi connectivity index (χ1v) is 12.1. The number of ether oxygens (including phenoxy) is 3. The van der Waals surface area contributed by atoms with Gasteiger partial charge in [-0.25, -0.2) is 15.0 Å². The third-order valence-electron chi connectivity index (χ3n) is 6.64. The molecule has 2 saturated heterocycles. The van der Waals surface area contributed by atoms with E-state index in [9.17, 15) is 4.79 Å². The number of likely N-dealkylation sites (N-methyl/N-ethyl adjacent to an activating group) is 1. The van der Waals surface area contributed by atoms with Crippen LogP contribution >= 0.6 is 0 Å². The van der Waals surface area contributed by atoms with Crippen molar-refractivity contribution in [1.82, 2.24) is 30.0 Å². The molecule has 12 nitrogen and oxygen atoms in total. The molecule has 192 valence electrons. The zero-order chi connectivity index (χ0) is 25.1. The van der Waals surface area contributed by atoms with Crippen molar-refractivity contribution in [2.45, 2.75) is 12.6 Å². The topological polar surface area (TPSA) is 131 Å². The first kappa shape index (κ1) is 24.2. The quantitative estimate of drug-likeness (QED) is 0.532. The number of guanidine groups is 1. The fraction of sp³-hybridized carbons (Fsp3) is 0.500. The van der Waals surface area contributed by atoms with Crippen molar-refractivity contribution in [3.8, 4) is 11.5 Å². The Morgan fingerprint density at radius 2 is 1.97 bits per heavy atom. The lowest BCUT2D eigenvalue weighted by atomic mass is 10.1. The van der Waals surface area contributed by atoms with Crippen molar-refractivity contribution in [2.75, 3.05) is 72.4 Å². The van der Waals surface area contributed by atoms with Crippen LogP contribution in [0, 0.1) is 0 Å². The van der Waals surface area contributed by atoms with Crippen LogP contribution in [0.4, 0.5) is 11.6 Å². The van der Waals surface area contributed by atoms with Crippen LogP contribution in [-0.2, 0) is 4.74 Å². The van der Waals surface area contributed by atoms with Crippen molar-refractivity contribution < 1.29 is 19.0 Å². The molecule has 3 N–H and O–H groups in total. The molecule has 3 aliphatic rings. The van der Waals surface area contributed by atoms with Crippen molar-refractivity contribution in [1.29, 1.82) is 0 Å². The number of methoxy groups -OCH3 is 1. The summed E-state index contributed by atoms with van der Waals surface area (Å²) in [5.74, 6) is 1.38. The number of nitrogens with zero attached hydrogens (tertiary/aromatic N) is 6. The molecule has 2 aromatic rings. The zero-order valence-electron chi connectivity index (χ0n) is 20.6. The van der Waals surface area contributed by atoms with Crippen molar-refractivity contribution >= 4 is 23.5 Å². The number of amides is 1. The zero-order valence-corrected chi connectivity index (χ0v) is 20.6. The van der Waals surface area contributed by atoms with Gasteiger partial charge in [0.2, 0.25) is 11.9 Å². The Hall–Kier alpha value is -3.48. The van der Waals surface area contributed by atoms with Crippen molar-refractivity contribution in [2.24, 2.45) is 4.99 Å². The van der Waals surface area contributed by atoms with E-state index in [0.29, 0.717) is 35.3 Å². The lowest BCUT2D eigenvalue weighted by Crippen LogP contribution is -2.46. The number of hydrogen-bond donors (Lipinski definition) is 2. The number of morpholine rings is 1. The average Bonchev–Trinajstić information content (AvgIpc) is 3.29. The molecular weight excluding hydrogens is 464 g/mol. The molecule has 1 aromatic carbocycles. The molecule has 1 atom stereocenters. The summed E-state index contributed by atoms with van der Waals surface area (Å²) in [5.41, 5.74) is 7.51. The maximum absolute atomic E-state index is 12.9. The maximum atomic E-state index is 12.9. The van der Waals surface area contributed by atoms with Gasteiger partial charge in [-0.3, -0.25) is 19.9 Å². The largest absolute Gasteiger partial charge is 0.491 e. The fourth-order valence-electron chi connectivity index (χ4n) is 4.77. The standard InChI is InChI=1S/C24H32N8O4/c1-30-7-8-32-22(30)17-4-5-18(36-11-3-6-31-9-12-35-13-10-31)20(34-2)19(17)28-24(32)29-21(33)16-14-26-23(25)27-15-16/h4-5,14-15,22H,3,6-13H2,1-2H3,(H2,25,26,27)(H,28,29,33). The molecule has 0 saturated carbocycles. The Balaban J connectivity index is 1.36. The van der Waals surface area contributed by atoms with Gasteiger partial charge in [-0.2, -0.15) is 0 Å². The number of carbonyl (C=O) groups excluding carboxylic acids is 1. The van der Waals surface area contributed by atoms with E-state index in [-0.39, 0.29) is 18.0 Å². The summed E-state index contributed by atoms with van der Waals surface area (Å²) in [6.45, 7) is 6.56. The third-order valence-corrected chi connectivity index (χ3v) is 6.64. The Bertz CT molecular complexity index is 1120. The summed E-state index contributed by atoms with van der Waals surface area (Å²) in [4.78, 5) is 32.2. The number of benzene rings is 1. The van der Waals surface area contributed by atoms with E-state index in [1.807, 2.05) is 12.1 Å². The number of rotatable bonds is 7. The second-order valence-corrected chi connectivity index (χ2v) is 8.96. The molecule has 0 radical (unpaired) electrons. The van der Waals surface area contributed by atoms with Crippen LogP contribution in [0.2, 0.25) is 0 Å². The summed E-state index contributed by atoms with van der Waals surface area (Å²) in [5, 5.41) is 2.92. The lowest BCUT2D eigenvalue weighted by Gasteiger charge is -2.35. The molecule has 1 aromatic heterocycles. The van der Waals surface area contributed by atoms with Crippen LogP contribution < -0.4 is 20.5 Å². The molecule has 2 fully saturated rings. The van der Waals surface area contributed by atoms with Gasteiger partial charge in [-0.1, -0.05) is 0 Å². The van der Waals surface area contributed by atoms with Gasteiger partial charge in [-0.05, 0) is 25.6 Å². The molecule has 1 unspecified atom stereocenters. The van der Waals surface area contributed by atoms with Gasteiger partial charge in [0.25, 0.3) is 5.91 Å². The van der Waals surface area contributed by atoms with E-state index in [4.69, 9.17) is 24.9 Å². The van der Waals surface area contributed by atoms with E-state index in [1.54, 1.807) is 7.11 Å². The Kier molecular flexibility index (Phi) is 7.16. The van der Waals surface area contributed by atoms with Gasteiger partial charge in [0.1, 0.15) is 11.9 Å². The van der Waals surface area contributed by atoms with Gasteiger partial charge in [0.05, 0.1) is 32.5 Å². The average molecular weight is 497 g/mol. The highest BCUT2D eigenvalue weighted by atomic mass is 16.5. The highest BCUT2D eigenvalue weighted by Crippen LogP contribution is 2.47. The fourth-order valence-corrected chi connectivity index (χ4v) is 4.77. The Morgan fingerprint density at radius 1 is 1.19 bits per heavy atom. The highest BCUT2D eigenvalue weighted by molar-refractivity contribution is 6.07. The van der Waals surface area contributed by atoms with E-state index in [2.05, 4.69) is 37.0 Å². The molecule has 12 heteroatoms. The number of nitrogen functional groups attached to an aromatic ring is 1. The molecule has 0 aliphatic carbocycles. The summed E-state index contributed by atoms with van der Waals surface area (Å²) < 4.78 is 17.3. The van der Waals surface area contributed by atoms with Crippen LogP contribution in [0.15, 0.2) is 29.5 Å². The molecule has 3 aliphatic heterocycles. The highest BCUT2D eigenvalue weighted by Gasteiger charge is 2.39. The predicted molar refractivity (Wildman–Crippen MR) is 133 cm³/mol.